The molecule has 1 aliphatic heterocycles. The molecule has 11 nitrogen and oxygen atoms in total. The fraction of sp³-hybridized carbons (Fsp3) is 0.455. The van der Waals surface area contributed by atoms with Gasteiger partial charge in [-0.2, -0.15) is 12.7 Å². The summed E-state index contributed by atoms with van der Waals surface area (Å²) >= 11 is 0. The van der Waals surface area contributed by atoms with Gasteiger partial charge in [0.25, 0.3) is 5.91 Å². The zero-order valence-corrected chi connectivity index (χ0v) is 19.9. The molecule has 182 valence electrons. The number of aromatic nitrogens is 2. The van der Waals surface area contributed by atoms with Crippen LogP contribution < -0.4 is 0 Å². The summed E-state index contributed by atoms with van der Waals surface area (Å²) < 4.78 is 32.2. The first kappa shape index (κ1) is 24.0. The number of aliphatic hydroxyl groups excluding tert-OH is 1. The van der Waals surface area contributed by atoms with E-state index in [1.54, 1.807) is 0 Å². The number of benzene rings is 1. The van der Waals surface area contributed by atoms with Gasteiger partial charge in [0, 0.05) is 26.9 Å². The van der Waals surface area contributed by atoms with Crippen LogP contribution in [0, 0.1) is 11.8 Å². The summed E-state index contributed by atoms with van der Waals surface area (Å²) in [5.74, 6) is -3.42. The number of nitrogens with zero attached hydrogens (tertiary/aromatic N) is 5. The van der Waals surface area contributed by atoms with E-state index in [9.17, 15) is 23.1 Å². The number of carbonyl (C=O) groups excluding carboxylic acids is 2. The molecular formula is C22H27N5O6S. The lowest BCUT2D eigenvalue weighted by atomic mass is 9.80. The minimum atomic E-state index is -3.86. The number of aliphatic imine (C=N–C) groups is 1. The summed E-state index contributed by atoms with van der Waals surface area (Å²) in [4.78, 5) is 36.9. The second-order valence-electron chi connectivity index (χ2n) is 8.68. The molecule has 1 saturated carbocycles. The van der Waals surface area contributed by atoms with Gasteiger partial charge in [0.1, 0.15) is 6.33 Å². The monoisotopic (exact) mass is 489 g/mol. The maximum absolute atomic E-state index is 13.8. The molecule has 2 heterocycles. The standard InChI is InChI=1S/C22H27N5O6S/c1-25(2)34(31,32)27-11-17(23-13-27)19-18(20(29)33-3)16(12-28)9-22(19)21(30)26(14-24-22)10-15-7-5-4-6-8-15/h4-8,11,13-14,16,18-19,28H,9-10,12H2,1-3H3/t16-,18-,19+,22-/m0/s1. The van der Waals surface area contributed by atoms with Crippen molar-refractivity contribution in [1.29, 1.82) is 0 Å². The Kier molecular flexibility index (Phi) is 6.32. The highest BCUT2D eigenvalue weighted by atomic mass is 32.2. The number of rotatable bonds is 7. The van der Waals surface area contributed by atoms with Crippen LogP contribution >= 0.6 is 0 Å². The molecule has 34 heavy (non-hydrogen) atoms. The van der Waals surface area contributed by atoms with Crippen LogP contribution in [0.15, 0.2) is 47.8 Å². The van der Waals surface area contributed by atoms with Gasteiger partial charge in [-0.25, -0.2) is 8.96 Å². The lowest BCUT2D eigenvalue weighted by molar-refractivity contribution is -0.148. The first-order valence-corrected chi connectivity index (χ1v) is 12.1. The van der Waals surface area contributed by atoms with Crippen LogP contribution in [0.4, 0.5) is 0 Å². The summed E-state index contributed by atoms with van der Waals surface area (Å²) in [7, 11) is 0.144. The van der Waals surface area contributed by atoms with E-state index in [0.717, 1.165) is 20.2 Å². The molecule has 0 unspecified atom stereocenters. The van der Waals surface area contributed by atoms with E-state index < -0.39 is 39.5 Å². The molecule has 1 spiro atoms. The van der Waals surface area contributed by atoms with E-state index in [-0.39, 0.29) is 31.2 Å². The lowest BCUT2D eigenvalue weighted by Crippen LogP contribution is -2.44. The van der Waals surface area contributed by atoms with Crippen molar-refractivity contribution in [1.82, 2.24) is 18.2 Å². The quantitative estimate of drug-likeness (QED) is 0.550. The Morgan fingerprint density at radius 1 is 1.29 bits per heavy atom. The van der Waals surface area contributed by atoms with Crippen LogP contribution in [0.1, 0.15) is 23.6 Å². The Hall–Kier alpha value is -3.09. The third-order valence-corrected chi connectivity index (χ3v) is 8.20. The Labute approximate surface area is 197 Å². The minimum absolute atomic E-state index is 0.0991. The number of hydrogen-bond donors (Lipinski definition) is 1. The Balaban J connectivity index is 1.77. The molecule has 2 aromatic rings. The molecule has 1 aliphatic carbocycles. The van der Waals surface area contributed by atoms with Crippen molar-refractivity contribution in [2.75, 3.05) is 27.8 Å². The molecule has 0 saturated heterocycles. The van der Waals surface area contributed by atoms with Gasteiger partial charge in [0.05, 0.1) is 37.5 Å². The van der Waals surface area contributed by atoms with Crippen molar-refractivity contribution in [2.24, 2.45) is 16.8 Å². The molecule has 1 aromatic carbocycles. The number of imidazole rings is 1. The second-order valence-corrected chi connectivity index (χ2v) is 10.7. The molecule has 1 fully saturated rings. The van der Waals surface area contributed by atoms with E-state index in [4.69, 9.17) is 4.74 Å². The van der Waals surface area contributed by atoms with Crippen molar-refractivity contribution in [3.8, 4) is 0 Å². The van der Waals surface area contributed by atoms with Gasteiger partial charge in [0.15, 0.2) is 5.54 Å². The maximum Gasteiger partial charge on any atom is 0.309 e. The van der Waals surface area contributed by atoms with Crippen molar-refractivity contribution in [3.05, 3.63) is 54.1 Å². The molecule has 1 amide bonds. The van der Waals surface area contributed by atoms with Gasteiger partial charge in [-0.05, 0) is 17.9 Å². The molecule has 0 bridgehead atoms. The van der Waals surface area contributed by atoms with Crippen LogP contribution in [-0.4, -0.2) is 83.3 Å². The molecule has 12 heteroatoms. The number of methoxy groups -OCH3 is 1. The summed E-state index contributed by atoms with van der Waals surface area (Å²) in [6.07, 6.45) is 3.97. The van der Waals surface area contributed by atoms with Gasteiger partial charge in [-0.15, -0.1) is 0 Å². The summed E-state index contributed by atoms with van der Waals surface area (Å²) in [5.41, 5.74) is -0.301. The predicted octanol–water partition coefficient (Wildman–Crippen LogP) is 0.232. The van der Waals surface area contributed by atoms with E-state index >= 15 is 0 Å². The Morgan fingerprint density at radius 2 is 2.00 bits per heavy atom. The fourth-order valence-corrected chi connectivity index (χ4v) is 5.65. The molecular weight excluding hydrogens is 462 g/mol. The highest BCUT2D eigenvalue weighted by molar-refractivity contribution is 7.87. The largest absolute Gasteiger partial charge is 0.469 e. The van der Waals surface area contributed by atoms with Crippen LogP contribution in [0.25, 0.3) is 0 Å². The molecule has 1 aromatic heterocycles. The highest BCUT2D eigenvalue weighted by Crippen LogP contribution is 2.54. The van der Waals surface area contributed by atoms with Crippen LogP contribution in [-0.2, 0) is 31.1 Å². The average Bonchev–Trinajstić information content (AvgIpc) is 3.52. The smallest absolute Gasteiger partial charge is 0.309 e. The van der Waals surface area contributed by atoms with E-state index in [2.05, 4.69) is 9.98 Å². The zero-order valence-electron chi connectivity index (χ0n) is 19.1. The maximum atomic E-state index is 13.8. The summed E-state index contributed by atoms with van der Waals surface area (Å²) in [5, 5.41) is 10.1. The first-order valence-electron chi connectivity index (χ1n) is 10.7. The summed E-state index contributed by atoms with van der Waals surface area (Å²) in [6.45, 7) is -0.0794. The number of ether oxygens (including phenoxy) is 1. The third-order valence-electron chi connectivity index (χ3n) is 6.54. The molecule has 2 aliphatic rings. The SMILES string of the molecule is COC(=O)[C@H]1[C@H](CO)C[C@]2(N=CN(Cc3ccccc3)C2=O)[C@@H]1c1cn(S(=O)(=O)N(C)C)cn1. The highest BCUT2D eigenvalue weighted by Gasteiger charge is 2.64. The summed E-state index contributed by atoms with van der Waals surface area (Å²) in [6, 6.07) is 9.39. The van der Waals surface area contributed by atoms with Crippen molar-refractivity contribution in [3.63, 3.8) is 0 Å². The van der Waals surface area contributed by atoms with Crippen molar-refractivity contribution < 1.29 is 27.9 Å². The van der Waals surface area contributed by atoms with Crippen LogP contribution in [0.2, 0.25) is 0 Å². The number of hydrogen-bond acceptors (Lipinski definition) is 8. The molecule has 4 atom stereocenters. The first-order chi connectivity index (χ1) is 16.2. The third kappa shape index (κ3) is 3.81. The second kappa shape index (κ2) is 8.93. The fourth-order valence-electron chi connectivity index (χ4n) is 4.87. The van der Waals surface area contributed by atoms with Gasteiger partial charge in [0.2, 0.25) is 0 Å². The van der Waals surface area contributed by atoms with Crippen molar-refractivity contribution in [2.45, 2.75) is 24.4 Å². The number of aliphatic hydroxyl groups is 1. The Bertz CT molecular complexity index is 1210. The number of amides is 1. The average molecular weight is 490 g/mol. The van der Waals surface area contributed by atoms with Crippen molar-refractivity contribution >= 4 is 28.4 Å². The van der Waals surface area contributed by atoms with Gasteiger partial charge >= 0.3 is 16.2 Å². The molecule has 0 radical (unpaired) electrons. The molecule has 4 rings (SSSR count). The van der Waals surface area contributed by atoms with Gasteiger partial charge in [-0.1, -0.05) is 30.3 Å². The van der Waals surface area contributed by atoms with Gasteiger partial charge in [-0.3, -0.25) is 19.5 Å². The zero-order chi connectivity index (χ0) is 24.7. The van der Waals surface area contributed by atoms with Crippen LogP contribution in [0.3, 0.4) is 0 Å². The van der Waals surface area contributed by atoms with E-state index in [0.29, 0.717) is 0 Å². The molecule has 1 N–H and O–H groups in total. The lowest BCUT2D eigenvalue weighted by Gasteiger charge is -2.29. The number of carbonyl (C=O) groups is 2. The topological polar surface area (TPSA) is 134 Å². The predicted molar refractivity (Wildman–Crippen MR) is 122 cm³/mol. The minimum Gasteiger partial charge on any atom is -0.469 e. The van der Waals surface area contributed by atoms with E-state index in [1.807, 2.05) is 30.3 Å². The number of esters is 1. The van der Waals surface area contributed by atoms with E-state index in [1.165, 1.54) is 38.6 Å². The normalized spacial score (nSPS) is 26.7. The van der Waals surface area contributed by atoms with Gasteiger partial charge < -0.3 is 9.84 Å². The Morgan fingerprint density at radius 3 is 2.62 bits per heavy atom. The van der Waals surface area contributed by atoms with Crippen LogP contribution in [0.5, 0.6) is 0 Å².